The minimum Gasteiger partial charge on any atom is -0.508 e. The quantitative estimate of drug-likeness (QED) is 0.880. The first-order chi connectivity index (χ1) is 9.06. The Labute approximate surface area is 116 Å². The first kappa shape index (κ1) is 13.0. The van der Waals surface area contributed by atoms with E-state index in [2.05, 4.69) is 31.7 Å². The summed E-state index contributed by atoms with van der Waals surface area (Å²) >= 11 is 0. The molecule has 2 nitrogen and oxygen atoms in total. The summed E-state index contributed by atoms with van der Waals surface area (Å²) in [4.78, 5) is 2.68. The number of aromatic hydroxyl groups is 1. The molecule has 2 heteroatoms. The molecule has 1 heterocycles. The Balaban J connectivity index is 2.03. The largest absolute Gasteiger partial charge is 0.508 e. The summed E-state index contributed by atoms with van der Waals surface area (Å²) in [5, 5.41) is 9.81. The van der Waals surface area contributed by atoms with Crippen LogP contribution in [0.3, 0.4) is 0 Å². The summed E-state index contributed by atoms with van der Waals surface area (Å²) in [6.45, 7) is 9.49. The maximum absolute atomic E-state index is 9.81. The molecule has 1 aromatic rings. The Morgan fingerprint density at radius 1 is 1.42 bits per heavy atom. The van der Waals surface area contributed by atoms with Crippen molar-refractivity contribution in [1.82, 2.24) is 4.90 Å². The number of likely N-dealkylation sites (tertiary alicyclic amines) is 1. The number of nitrogens with zero attached hydrogens (tertiary/aromatic N) is 1. The fraction of sp³-hybridized carbons (Fsp3) is 0.647. The molecule has 1 unspecified atom stereocenters. The molecule has 104 valence electrons. The number of rotatable bonds is 2. The van der Waals surface area contributed by atoms with Gasteiger partial charge in [-0.2, -0.15) is 0 Å². The highest BCUT2D eigenvalue weighted by Gasteiger charge is 2.48. The third-order valence-electron chi connectivity index (χ3n) is 5.62. The monoisotopic (exact) mass is 259 g/mol. The molecule has 0 spiro atoms. The molecule has 19 heavy (non-hydrogen) atoms. The van der Waals surface area contributed by atoms with Crippen LogP contribution in [0.15, 0.2) is 18.2 Å². The third kappa shape index (κ3) is 1.88. The molecule has 0 aromatic heterocycles. The Kier molecular flexibility index (Phi) is 3.09. The van der Waals surface area contributed by atoms with Crippen LogP contribution in [0, 0.1) is 5.92 Å². The first-order valence-corrected chi connectivity index (χ1v) is 7.62. The Morgan fingerprint density at radius 2 is 2.21 bits per heavy atom. The van der Waals surface area contributed by atoms with Gasteiger partial charge in [-0.15, -0.1) is 0 Å². The van der Waals surface area contributed by atoms with Gasteiger partial charge in [-0.3, -0.25) is 4.90 Å². The number of hydrogen-bond donors (Lipinski definition) is 1. The van der Waals surface area contributed by atoms with Gasteiger partial charge in [-0.1, -0.05) is 26.8 Å². The van der Waals surface area contributed by atoms with Crippen LogP contribution in [0.2, 0.25) is 0 Å². The van der Waals surface area contributed by atoms with E-state index in [1.54, 1.807) is 0 Å². The normalized spacial score (nSPS) is 34.1. The minimum atomic E-state index is 0.237. The van der Waals surface area contributed by atoms with E-state index >= 15 is 0 Å². The number of phenolic OH excluding ortho intramolecular Hbond substituents is 1. The molecule has 1 saturated heterocycles. The van der Waals surface area contributed by atoms with Gasteiger partial charge in [0.25, 0.3) is 0 Å². The summed E-state index contributed by atoms with van der Waals surface area (Å²) in [6.07, 6.45) is 3.59. The smallest absolute Gasteiger partial charge is 0.115 e. The Bertz CT molecular complexity index is 484. The van der Waals surface area contributed by atoms with Crippen LogP contribution >= 0.6 is 0 Å². The van der Waals surface area contributed by atoms with E-state index in [0.29, 0.717) is 17.7 Å². The highest BCUT2D eigenvalue weighted by Crippen LogP contribution is 2.49. The van der Waals surface area contributed by atoms with Crippen LogP contribution in [0.5, 0.6) is 5.75 Å². The van der Waals surface area contributed by atoms with E-state index < -0.39 is 0 Å². The van der Waals surface area contributed by atoms with Crippen LogP contribution < -0.4 is 0 Å². The van der Waals surface area contributed by atoms with Gasteiger partial charge in [-0.05, 0) is 66.9 Å². The molecule has 1 N–H and O–H groups in total. The number of benzene rings is 1. The SMILES string of the molecule is CCCN1CC[C@]2(C)c3cc(O)ccc3C[C@@H]1C2C. The van der Waals surface area contributed by atoms with Crippen LogP contribution in [-0.2, 0) is 11.8 Å². The number of phenols is 1. The number of fused-ring (bicyclic) bond motifs is 4. The lowest BCUT2D eigenvalue weighted by atomic mass is 9.59. The van der Waals surface area contributed by atoms with E-state index in [1.165, 1.54) is 37.1 Å². The molecular formula is C17H25NO. The molecule has 3 atom stereocenters. The number of hydrogen-bond acceptors (Lipinski definition) is 2. The average Bonchev–Trinajstić information content (AvgIpc) is 2.38. The molecule has 1 aliphatic heterocycles. The van der Waals surface area contributed by atoms with Crippen LogP contribution in [0.4, 0.5) is 0 Å². The van der Waals surface area contributed by atoms with Crippen LogP contribution in [0.1, 0.15) is 44.7 Å². The molecule has 1 aromatic carbocycles. The zero-order valence-corrected chi connectivity index (χ0v) is 12.3. The van der Waals surface area contributed by atoms with Crippen molar-refractivity contribution in [2.24, 2.45) is 5.92 Å². The number of piperidine rings is 1. The average molecular weight is 259 g/mol. The van der Waals surface area contributed by atoms with Gasteiger partial charge < -0.3 is 5.11 Å². The summed E-state index contributed by atoms with van der Waals surface area (Å²) in [6, 6.07) is 6.67. The van der Waals surface area contributed by atoms with Gasteiger partial charge >= 0.3 is 0 Å². The second kappa shape index (κ2) is 4.52. The van der Waals surface area contributed by atoms with Gasteiger partial charge in [0.1, 0.15) is 5.75 Å². The minimum absolute atomic E-state index is 0.237. The fourth-order valence-electron chi connectivity index (χ4n) is 4.26. The summed E-state index contributed by atoms with van der Waals surface area (Å²) in [5.41, 5.74) is 3.08. The molecule has 0 amide bonds. The third-order valence-corrected chi connectivity index (χ3v) is 5.62. The zero-order chi connectivity index (χ0) is 13.6. The van der Waals surface area contributed by atoms with Crippen LogP contribution in [0.25, 0.3) is 0 Å². The van der Waals surface area contributed by atoms with E-state index in [4.69, 9.17) is 0 Å². The molecule has 3 rings (SSSR count). The van der Waals surface area contributed by atoms with Crippen molar-refractivity contribution in [3.05, 3.63) is 29.3 Å². The van der Waals surface area contributed by atoms with Crippen molar-refractivity contribution in [2.45, 2.75) is 51.5 Å². The first-order valence-electron chi connectivity index (χ1n) is 7.62. The summed E-state index contributed by atoms with van der Waals surface area (Å²) in [5.74, 6) is 1.09. The van der Waals surface area contributed by atoms with E-state index in [0.717, 1.165) is 6.42 Å². The van der Waals surface area contributed by atoms with Crippen molar-refractivity contribution in [1.29, 1.82) is 0 Å². The topological polar surface area (TPSA) is 23.5 Å². The summed E-state index contributed by atoms with van der Waals surface area (Å²) < 4.78 is 0. The highest BCUT2D eigenvalue weighted by molar-refractivity contribution is 5.44. The summed E-state index contributed by atoms with van der Waals surface area (Å²) in [7, 11) is 0. The van der Waals surface area contributed by atoms with Crippen molar-refractivity contribution in [3.8, 4) is 5.75 Å². The van der Waals surface area contributed by atoms with Crippen molar-refractivity contribution >= 4 is 0 Å². The lowest BCUT2D eigenvalue weighted by molar-refractivity contribution is 0.0315. The van der Waals surface area contributed by atoms with Crippen molar-refractivity contribution in [2.75, 3.05) is 13.1 Å². The van der Waals surface area contributed by atoms with Gasteiger partial charge in [0.2, 0.25) is 0 Å². The lowest BCUT2D eigenvalue weighted by Gasteiger charge is -2.54. The van der Waals surface area contributed by atoms with Gasteiger partial charge in [-0.25, -0.2) is 0 Å². The van der Waals surface area contributed by atoms with Crippen molar-refractivity contribution < 1.29 is 5.11 Å². The maximum Gasteiger partial charge on any atom is 0.115 e. The van der Waals surface area contributed by atoms with E-state index in [-0.39, 0.29) is 5.41 Å². The molecule has 0 saturated carbocycles. The van der Waals surface area contributed by atoms with Gasteiger partial charge in [0, 0.05) is 6.04 Å². The molecular weight excluding hydrogens is 234 g/mol. The standard InChI is InChI=1S/C17H25NO/c1-4-8-18-9-7-17(3)12(2)16(18)10-13-5-6-14(19)11-15(13)17/h5-6,11-12,16,19H,4,7-10H2,1-3H3/t12?,16-,17+/m1/s1. The maximum atomic E-state index is 9.81. The van der Waals surface area contributed by atoms with E-state index in [1.807, 2.05) is 12.1 Å². The Morgan fingerprint density at radius 3 is 2.95 bits per heavy atom. The lowest BCUT2D eigenvalue weighted by Crippen LogP contribution is -2.57. The molecule has 2 aliphatic rings. The predicted molar refractivity (Wildman–Crippen MR) is 78.6 cm³/mol. The molecule has 2 bridgehead atoms. The predicted octanol–water partition coefficient (Wildman–Crippen LogP) is 3.33. The van der Waals surface area contributed by atoms with Gasteiger partial charge in [0.15, 0.2) is 0 Å². The molecule has 0 radical (unpaired) electrons. The Hall–Kier alpha value is -1.02. The molecule has 1 aliphatic carbocycles. The van der Waals surface area contributed by atoms with Crippen molar-refractivity contribution in [3.63, 3.8) is 0 Å². The second-order valence-corrected chi connectivity index (χ2v) is 6.61. The zero-order valence-electron chi connectivity index (χ0n) is 12.3. The van der Waals surface area contributed by atoms with E-state index in [9.17, 15) is 5.11 Å². The molecule has 1 fully saturated rings. The van der Waals surface area contributed by atoms with Crippen LogP contribution in [-0.4, -0.2) is 29.1 Å². The van der Waals surface area contributed by atoms with Gasteiger partial charge in [0.05, 0.1) is 0 Å². The highest BCUT2D eigenvalue weighted by atomic mass is 16.3. The second-order valence-electron chi connectivity index (χ2n) is 6.61. The fourth-order valence-corrected chi connectivity index (χ4v) is 4.26.